The van der Waals surface area contributed by atoms with Crippen LogP contribution in [0.25, 0.3) is 39.2 Å². The molecule has 0 radical (unpaired) electrons. The number of benzene rings is 3. The van der Waals surface area contributed by atoms with Gasteiger partial charge in [-0.1, -0.05) is 43.3 Å². The van der Waals surface area contributed by atoms with Gasteiger partial charge in [-0.3, -0.25) is 4.57 Å². The van der Waals surface area contributed by atoms with Crippen LogP contribution in [-0.4, -0.2) is 49.8 Å². The van der Waals surface area contributed by atoms with Crippen LogP contribution >= 0.6 is 0 Å². The first-order valence-corrected chi connectivity index (χ1v) is 11.0. The molecule has 0 aliphatic carbocycles. The molecule has 5 rings (SSSR count). The third kappa shape index (κ3) is 3.77. The number of ether oxygens (including phenoxy) is 1. The number of imidazole rings is 1. The van der Waals surface area contributed by atoms with E-state index in [1.165, 1.54) is 7.11 Å². The van der Waals surface area contributed by atoms with Gasteiger partial charge in [-0.05, 0) is 41.5 Å². The Balaban J connectivity index is 1.67. The van der Waals surface area contributed by atoms with Crippen molar-refractivity contribution in [3.63, 3.8) is 0 Å². The van der Waals surface area contributed by atoms with E-state index >= 15 is 0 Å². The fourth-order valence-electron chi connectivity index (χ4n) is 4.05. The number of tetrazole rings is 1. The molecule has 0 saturated heterocycles. The van der Waals surface area contributed by atoms with Gasteiger partial charge in [0.15, 0.2) is 0 Å². The lowest BCUT2D eigenvalue weighted by Crippen LogP contribution is -2.06. The first kappa shape index (κ1) is 21.3. The maximum Gasteiger partial charge on any atom is 0.340 e. The smallest absolute Gasteiger partial charge is 0.340 e. The molecule has 3 aromatic carbocycles. The minimum Gasteiger partial charge on any atom is -0.465 e. The molecular weight excluding hydrogens is 430 g/mol. The summed E-state index contributed by atoms with van der Waals surface area (Å²) in [5.74, 6) is 0.131. The molecule has 0 aliphatic rings. The van der Waals surface area contributed by atoms with Gasteiger partial charge in [0.2, 0.25) is 5.82 Å². The molecule has 170 valence electrons. The number of H-pyrrole nitrogens is 1. The third-order valence-corrected chi connectivity index (χ3v) is 5.62. The second kappa shape index (κ2) is 9.14. The highest BCUT2D eigenvalue weighted by Crippen LogP contribution is 2.36. The molecule has 0 amide bonds. The second-order valence-corrected chi connectivity index (χ2v) is 7.72. The first-order valence-electron chi connectivity index (χ1n) is 11.0. The number of carbonyl (C=O) groups is 1. The molecule has 0 aliphatic heterocycles. The highest BCUT2D eigenvalue weighted by molar-refractivity contribution is 6.02. The van der Waals surface area contributed by atoms with Gasteiger partial charge in [0, 0.05) is 29.0 Å². The van der Waals surface area contributed by atoms with Crippen LogP contribution in [0.5, 0.6) is 0 Å². The van der Waals surface area contributed by atoms with E-state index in [0.29, 0.717) is 16.9 Å². The van der Waals surface area contributed by atoms with Gasteiger partial charge in [-0.2, -0.15) is 5.21 Å². The average molecular weight is 454 g/mol. The monoisotopic (exact) mass is 453 g/mol. The highest BCUT2D eigenvalue weighted by atomic mass is 16.5. The Morgan fingerprint density at radius 1 is 1.06 bits per heavy atom. The van der Waals surface area contributed by atoms with E-state index in [-0.39, 0.29) is 0 Å². The van der Waals surface area contributed by atoms with Gasteiger partial charge in [0.1, 0.15) is 6.33 Å². The number of para-hydroxylation sites is 1. The lowest BCUT2D eigenvalue weighted by atomic mass is 9.97. The molecule has 0 saturated carbocycles. The lowest BCUT2D eigenvalue weighted by Gasteiger charge is -2.16. The number of aromatic amines is 1. The molecule has 0 bridgehead atoms. The zero-order valence-corrected chi connectivity index (χ0v) is 18.8. The molecule has 34 heavy (non-hydrogen) atoms. The van der Waals surface area contributed by atoms with Crippen LogP contribution in [0.1, 0.15) is 23.7 Å². The van der Waals surface area contributed by atoms with Crippen molar-refractivity contribution in [1.29, 1.82) is 0 Å². The van der Waals surface area contributed by atoms with E-state index in [1.807, 2.05) is 41.0 Å². The largest absolute Gasteiger partial charge is 0.465 e. The number of fused-ring (bicyclic) bond motifs is 1. The van der Waals surface area contributed by atoms with Crippen LogP contribution in [0.3, 0.4) is 0 Å². The van der Waals surface area contributed by atoms with Crippen LogP contribution in [0, 0.1) is 0 Å². The van der Waals surface area contributed by atoms with Crippen molar-refractivity contribution in [2.24, 2.45) is 0 Å². The molecular formula is C25H23N7O2. The zero-order chi connectivity index (χ0) is 23.5. The van der Waals surface area contributed by atoms with Crippen molar-refractivity contribution in [3.8, 4) is 28.2 Å². The van der Waals surface area contributed by atoms with Crippen LogP contribution in [-0.2, 0) is 4.74 Å². The molecule has 9 nitrogen and oxygen atoms in total. The minimum absolute atomic E-state index is 0.401. The van der Waals surface area contributed by atoms with E-state index in [1.54, 1.807) is 18.5 Å². The Bertz CT molecular complexity index is 1460. The van der Waals surface area contributed by atoms with Crippen molar-refractivity contribution in [2.75, 3.05) is 19.0 Å². The Kier molecular flexibility index (Phi) is 5.73. The minimum atomic E-state index is -0.401. The number of esters is 1. The van der Waals surface area contributed by atoms with Crippen molar-refractivity contribution in [2.45, 2.75) is 13.3 Å². The predicted octanol–water partition coefficient (Wildman–Crippen LogP) is 4.48. The second-order valence-electron chi connectivity index (χ2n) is 7.72. The number of rotatable bonds is 7. The fraction of sp³-hybridized carbons (Fsp3) is 0.160. The van der Waals surface area contributed by atoms with Crippen molar-refractivity contribution in [1.82, 2.24) is 30.2 Å². The van der Waals surface area contributed by atoms with Gasteiger partial charge in [-0.25, -0.2) is 9.78 Å². The summed E-state index contributed by atoms with van der Waals surface area (Å²) in [6, 6.07) is 19.5. The van der Waals surface area contributed by atoms with Gasteiger partial charge in [0.25, 0.3) is 0 Å². The Labute approximate surface area is 195 Å². The van der Waals surface area contributed by atoms with Crippen molar-refractivity contribution >= 4 is 22.7 Å². The first-order chi connectivity index (χ1) is 16.7. The van der Waals surface area contributed by atoms with Crippen LogP contribution in [0.4, 0.5) is 5.69 Å². The van der Waals surface area contributed by atoms with Crippen LogP contribution < -0.4 is 5.32 Å². The molecule has 0 fully saturated rings. The summed E-state index contributed by atoms with van der Waals surface area (Å²) in [6.07, 6.45) is 2.69. The van der Waals surface area contributed by atoms with Gasteiger partial charge < -0.3 is 10.1 Å². The molecule has 0 unspecified atom stereocenters. The highest BCUT2D eigenvalue weighted by Gasteiger charge is 2.18. The van der Waals surface area contributed by atoms with Gasteiger partial charge in [-0.15, -0.1) is 10.2 Å². The number of nitrogens with zero attached hydrogens (tertiary/aromatic N) is 5. The maximum atomic E-state index is 12.4. The Hall–Kier alpha value is -4.53. The molecule has 0 atom stereocenters. The van der Waals surface area contributed by atoms with Crippen molar-refractivity contribution < 1.29 is 9.53 Å². The zero-order valence-electron chi connectivity index (χ0n) is 18.8. The van der Waals surface area contributed by atoms with Crippen LogP contribution in [0.15, 0.2) is 67.0 Å². The van der Waals surface area contributed by atoms with E-state index in [9.17, 15) is 4.79 Å². The van der Waals surface area contributed by atoms with E-state index < -0.39 is 5.97 Å². The summed E-state index contributed by atoms with van der Waals surface area (Å²) < 4.78 is 6.91. The Morgan fingerprint density at radius 2 is 1.91 bits per heavy atom. The quantitative estimate of drug-likeness (QED) is 0.350. The van der Waals surface area contributed by atoms with Gasteiger partial charge in [0.05, 0.1) is 23.7 Å². The summed E-state index contributed by atoms with van der Waals surface area (Å²) in [5.41, 5.74) is 6.59. The number of hydrogen-bond donors (Lipinski definition) is 2. The average Bonchev–Trinajstić information content (AvgIpc) is 3.57. The third-order valence-electron chi connectivity index (χ3n) is 5.62. The Morgan fingerprint density at radius 3 is 2.68 bits per heavy atom. The number of aromatic nitrogens is 6. The molecule has 2 aromatic heterocycles. The normalized spacial score (nSPS) is 11.0. The summed E-state index contributed by atoms with van der Waals surface area (Å²) in [5, 5.41) is 18.1. The lowest BCUT2D eigenvalue weighted by molar-refractivity contribution is 0.0602. The van der Waals surface area contributed by atoms with E-state index in [4.69, 9.17) is 4.74 Å². The summed E-state index contributed by atoms with van der Waals surface area (Å²) in [6.45, 7) is 2.93. The number of hydrogen-bond acceptors (Lipinski definition) is 7. The number of nitrogens with one attached hydrogen (secondary N) is 2. The number of methoxy groups -OCH3 is 1. The summed E-state index contributed by atoms with van der Waals surface area (Å²) in [7, 11) is 1.38. The van der Waals surface area contributed by atoms with E-state index in [0.717, 1.165) is 46.5 Å². The fourth-order valence-corrected chi connectivity index (χ4v) is 4.05. The number of anilines is 1. The molecule has 2 heterocycles. The van der Waals surface area contributed by atoms with Gasteiger partial charge >= 0.3 is 5.97 Å². The van der Waals surface area contributed by atoms with Crippen LogP contribution in [0.2, 0.25) is 0 Å². The standard InChI is InChI=1S/C25H23N7O2/c1-3-13-26-22-14-16(32-15-27-21-10-6-9-20(23(21)32)25(33)34-2)11-12-18(22)17-7-4-5-8-19(17)24-28-30-31-29-24/h4-12,14-15,26H,3,13H2,1-2H3,(H,28,29,30,31). The summed E-state index contributed by atoms with van der Waals surface area (Å²) >= 11 is 0. The maximum absolute atomic E-state index is 12.4. The molecule has 9 heteroatoms. The molecule has 5 aromatic rings. The summed E-state index contributed by atoms with van der Waals surface area (Å²) in [4.78, 5) is 16.9. The predicted molar refractivity (Wildman–Crippen MR) is 130 cm³/mol. The van der Waals surface area contributed by atoms with E-state index in [2.05, 4.69) is 50.0 Å². The number of carbonyl (C=O) groups excluding carboxylic acids is 1. The molecule has 0 spiro atoms. The molecule has 2 N–H and O–H groups in total. The SMILES string of the molecule is CCCNc1cc(-n2cnc3cccc(C(=O)OC)c32)ccc1-c1ccccc1-c1nn[nH]n1. The van der Waals surface area contributed by atoms with Crippen molar-refractivity contribution in [3.05, 3.63) is 72.6 Å². The topological polar surface area (TPSA) is 111 Å².